The highest BCUT2D eigenvalue weighted by Crippen LogP contribution is 2.32. The summed E-state index contributed by atoms with van der Waals surface area (Å²) in [6, 6.07) is 11.4. The largest absolute Gasteiger partial charge is 0.497 e. The van der Waals surface area contributed by atoms with Gasteiger partial charge in [-0.25, -0.2) is 0 Å². The van der Waals surface area contributed by atoms with Gasteiger partial charge in [0.15, 0.2) is 0 Å². The van der Waals surface area contributed by atoms with E-state index in [0.29, 0.717) is 0 Å². The van der Waals surface area contributed by atoms with Gasteiger partial charge in [-0.05, 0) is 41.8 Å². The molecule has 2 rings (SSSR count). The molecule has 0 saturated heterocycles. The van der Waals surface area contributed by atoms with E-state index in [9.17, 15) is 5.11 Å². The maximum Gasteiger partial charge on any atom is 0.120 e. The quantitative estimate of drug-likeness (QED) is 0.835. The monoisotopic (exact) mass is 384 g/mol. The Morgan fingerprint density at radius 3 is 2.37 bits per heavy atom. The van der Waals surface area contributed by atoms with Gasteiger partial charge in [0.05, 0.1) is 7.11 Å². The minimum Gasteiger partial charge on any atom is -0.497 e. The Labute approximate surface area is 129 Å². The molecule has 4 heteroatoms. The van der Waals surface area contributed by atoms with E-state index >= 15 is 0 Å². The Kier molecular flexibility index (Phi) is 4.66. The number of ether oxygens (including phenoxy) is 1. The number of methoxy groups -OCH3 is 1. The summed E-state index contributed by atoms with van der Waals surface area (Å²) in [6.45, 7) is 2.02. The van der Waals surface area contributed by atoms with Gasteiger partial charge in [0.1, 0.15) is 11.9 Å². The molecular formula is C15H14Br2O2. The summed E-state index contributed by atoms with van der Waals surface area (Å²) in [7, 11) is 1.62. The number of halogens is 2. The molecule has 0 fully saturated rings. The fourth-order valence-corrected chi connectivity index (χ4v) is 2.79. The summed E-state index contributed by atoms with van der Waals surface area (Å²) in [5.41, 5.74) is 2.81. The van der Waals surface area contributed by atoms with Gasteiger partial charge in [-0.15, -0.1) is 0 Å². The lowest BCUT2D eigenvalue weighted by atomic mass is 10.0. The highest BCUT2D eigenvalue weighted by Gasteiger charge is 2.15. The number of rotatable bonds is 3. The molecule has 0 saturated carbocycles. The SMILES string of the molecule is COc1ccc(C(O)c2ccc(C)c(Br)c2)c(Br)c1. The molecule has 1 atom stereocenters. The average molecular weight is 386 g/mol. The zero-order valence-electron chi connectivity index (χ0n) is 10.7. The molecule has 0 radical (unpaired) electrons. The van der Waals surface area contributed by atoms with Gasteiger partial charge in [0.2, 0.25) is 0 Å². The lowest BCUT2D eigenvalue weighted by Gasteiger charge is -2.15. The maximum atomic E-state index is 10.5. The van der Waals surface area contributed by atoms with E-state index in [0.717, 1.165) is 31.4 Å². The van der Waals surface area contributed by atoms with Crippen molar-refractivity contribution in [3.8, 4) is 5.75 Å². The molecule has 0 aliphatic rings. The highest BCUT2D eigenvalue weighted by atomic mass is 79.9. The van der Waals surface area contributed by atoms with E-state index in [1.807, 2.05) is 43.3 Å². The van der Waals surface area contributed by atoms with Crippen molar-refractivity contribution in [2.45, 2.75) is 13.0 Å². The molecule has 2 aromatic rings. The van der Waals surface area contributed by atoms with Crippen LogP contribution in [0.2, 0.25) is 0 Å². The third-order valence-corrected chi connectivity index (χ3v) is 4.55. The Balaban J connectivity index is 2.38. The summed E-state index contributed by atoms with van der Waals surface area (Å²) in [5.74, 6) is 0.757. The van der Waals surface area contributed by atoms with Crippen LogP contribution in [0.4, 0.5) is 0 Å². The Morgan fingerprint density at radius 1 is 1.05 bits per heavy atom. The first kappa shape index (κ1) is 14.6. The zero-order chi connectivity index (χ0) is 14.0. The number of aliphatic hydroxyl groups excluding tert-OH is 1. The van der Waals surface area contributed by atoms with Gasteiger partial charge in [-0.1, -0.05) is 50.1 Å². The summed E-state index contributed by atoms with van der Waals surface area (Å²) in [5, 5.41) is 10.5. The Bertz CT molecular complexity index is 597. The van der Waals surface area contributed by atoms with Crippen molar-refractivity contribution < 1.29 is 9.84 Å². The summed E-state index contributed by atoms with van der Waals surface area (Å²) in [4.78, 5) is 0. The molecule has 0 heterocycles. The second kappa shape index (κ2) is 6.07. The van der Waals surface area contributed by atoms with Crippen LogP contribution in [0.5, 0.6) is 5.75 Å². The lowest BCUT2D eigenvalue weighted by molar-refractivity contribution is 0.219. The lowest BCUT2D eigenvalue weighted by Crippen LogP contribution is -2.01. The van der Waals surface area contributed by atoms with E-state index in [1.54, 1.807) is 7.11 Å². The fraction of sp³-hybridized carbons (Fsp3) is 0.200. The van der Waals surface area contributed by atoms with Gasteiger partial charge >= 0.3 is 0 Å². The predicted molar refractivity (Wildman–Crippen MR) is 83.6 cm³/mol. The van der Waals surface area contributed by atoms with Crippen molar-refractivity contribution in [1.29, 1.82) is 0 Å². The average Bonchev–Trinajstić information content (AvgIpc) is 2.41. The number of hydrogen-bond donors (Lipinski definition) is 1. The molecule has 1 unspecified atom stereocenters. The summed E-state index contributed by atoms with van der Waals surface area (Å²) >= 11 is 6.95. The maximum absolute atomic E-state index is 10.5. The van der Waals surface area contributed by atoms with Crippen LogP contribution >= 0.6 is 31.9 Å². The molecule has 0 spiro atoms. The van der Waals surface area contributed by atoms with Crippen LogP contribution in [0.25, 0.3) is 0 Å². The smallest absolute Gasteiger partial charge is 0.120 e. The first-order chi connectivity index (χ1) is 9.02. The predicted octanol–water partition coefficient (Wildman–Crippen LogP) is 4.61. The molecular weight excluding hydrogens is 372 g/mol. The molecule has 1 N–H and O–H groups in total. The van der Waals surface area contributed by atoms with E-state index in [1.165, 1.54) is 0 Å². The molecule has 0 amide bonds. The van der Waals surface area contributed by atoms with E-state index < -0.39 is 6.10 Å². The van der Waals surface area contributed by atoms with Crippen LogP contribution < -0.4 is 4.74 Å². The van der Waals surface area contributed by atoms with Crippen LogP contribution in [-0.4, -0.2) is 12.2 Å². The van der Waals surface area contributed by atoms with Crippen molar-refractivity contribution in [3.63, 3.8) is 0 Å². The molecule has 2 aromatic carbocycles. The third-order valence-electron chi connectivity index (χ3n) is 3.01. The van der Waals surface area contributed by atoms with Crippen LogP contribution in [0.15, 0.2) is 45.3 Å². The van der Waals surface area contributed by atoms with Crippen LogP contribution in [0.3, 0.4) is 0 Å². The van der Waals surface area contributed by atoms with Crippen molar-refractivity contribution >= 4 is 31.9 Å². The molecule has 100 valence electrons. The van der Waals surface area contributed by atoms with Gasteiger partial charge < -0.3 is 9.84 Å². The second-order valence-electron chi connectivity index (χ2n) is 4.30. The van der Waals surface area contributed by atoms with Crippen LogP contribution in [0, 0.1) is 6.92 Å². The summed E-state index contributed by atoms with van der Waals surface area (Å²) < 4.78 is 6.97. The molecule has 0 bridgehead atoms. The van der Waals surface area contributed by atoms with E-state index in [2.05, 4.69) is 31.9 Å². The Morgan fingerprint density at radius 2 is 1.79 bits per heavy atom. The highest BCUT2D eigenvalue weighted by molar-refractivity contribution is 9.10. The molecule has 0 aliphatic heterocycles. The first-order valence-electron chi connectivity index (χ1n) is 5.80. The van der Waals surface area contributed by atoms with Gasteiger partial charge in [0, 0.05) is 8.95 Å². The molecule has 2 nitrogen and oxygen atoms in total. The normalized spacial score (nSPS) is 12.3. The minimum absolute atomic E-state index is 0.669. The van der Waals surface area contributed by atoms with E-state index in [4.69, 9.17) is 4.74 Å². The number of hydrogen-bond acceptors (Lipinski definition) is 2. The van der Waals surface area contributed by atoms with Crippen LogP contribution in [0.1, 0.15) is 22.8 Å². The van der Waals surface area contributed by atoms with Gasteiger partial charge in [-0.3, -0.25) is 0 Å². The first-order valence-corrected chi connectivity index (χ1v) is 7.39. The molecule has 0 aliphatic carbocycles. The van der Waals surface area contributed by atoms with E-state index in [-0.39, 0.29) is 0 Å². The number of aryl methyl sites for hydroxylation is 1. The topological polar surface area (TPSA) is 29.5 Å². The standard InChI is InChI=1S/C15H14Br2O2/c1-9-3-4-10(7-13(9)16)15(18)12-6-5-11(19-2)8-14(12)17/h3-8,15,18H,1-2H3. The summed E-state index contributed by atoms with van der Waals surface area (Å²) in [6.07, 6.45) is -0.669. The Hall–Kier alpha value is -0.840. The molecule has 0 aromatic heterocycles. The van der Waals surface area contributed by atoms with Crippen molar-refractivity contribution in [3.05, 3.63) is 62.0 Å². The number of benzene rings is 2. The van der Waals surface area contributed by atoms with Crippen LogP contribution in [-0.2, 0) is 0 Å². The van der Waals surface area contributed by atoms with Gasteiger partial charge in [-0.2, -0.15) is 0 Å². The van der Waals surface area contributed by atoms with Crippen molar-refractivity contribution in [2.75, 3.05) is 7.11 Å². The van der Waals surface area contributed by atoms with Crippen molar-refractivity contribution in [1.82, 2.24) is 0 Å². The third kappa shape index (κ3) is 3.19. The van der Waals surface area contributed by atoms with Crippen molar-refractivity contribution in [2.24, 2.45) is 0 Å². The fourth-order valence-electron chi connectivity index (χ4n) is 1.82. The zero-order valence-corrected chi connectivity index (χ0v) is 13.8. The molecule has 19 heavy (non-hydrogen) atoms. The minimum atomic E-state index is -0.669. The van der Waals surface area contributed by atoms with Gasteiger partial charge in [0.25, 0.3) is 0 Å². The second-order valence-corrected chi connectivity index (χ2v) is 6.01. The number of aliphatic hydroxyl groups is 1.